The average Bonchev–Trinajstić information content (AvgIpc) is 2.46. The number of hydrogen-bond acceptors (Lipinski definition) is 1. The lowest BCUT2D eigenvalue weighted by Gasteiger charge is -2.00. The molecule has 0 aliphatic carbocycles. The molecule has 0 aliphatic heterocycles. The van der Waals surface area contributed by atoms with Gasteiger partial charge < -0.3 is 5.11 Å². The summed E-state index contributed by atoms with van der Waals surface area (Å²) in [6.45, 7) is 2.26. The summed E-state index contributed by atoms with van der Waals surface area (Å²) in [6, 6.07) is 0. The van der Waals surface area contributed by atoms with Gasteiger partial charge in [-0.3, -0.25) is 4.79 Å². The number of unbranched alkanes of at least 4 members (excludes halogenated alkanes) is 10. The van der Waals surface area contributed by atoms with E-state index in [2.05, 4.69) is 25.2 Å². The molecule has 0 rings (SSSR count). The number of carbonyl (C=O) groups is 1. The Hall–Kier alpha value is -1.05. The van der Waals surface area contributed by atoms with Gasteiger partial charge in [-0.25, -0.2) is 0 Å². The number of allylic oxidation sites excluding steroid dienone is 4. The Morgan fingerprint density at radius 1 is 0.762 bits per heavy atom. The lowest BCUT2D eigenvalue weighted by molar-refractivity contribution is -0.137. The zero-order valence-electron chi connectivity index (χ0n) is 13.9. The van der Waals surface area contributed by atoms with Crippen LogP contribution in [0.5, 0.6) is 0 Å². The van der Waals surface area contributed by atoms with E-state index in [9.17, 15) is 4.79 Å². The molecule has 1 N–H and O–H groups in total. The topological polar surface area (TPSA) is 37.3 Å². The molecule has 0 aromatic carbocycles. The predicted molar refractivity (Wildman–Crippen MR) is 91.6 cm³/mol. The molecule has 0 fully saturated rings. The molecule has 0 amide bonds. The average molecular weight is 294 g/mol. The highest BCUT2D eigenvalue weighted by molar-refractivity contribution is 5.66. The van der Waals surface area contributed by atoms with Crippen LogP contribution in [-0.4, -0.2) is 11.1 Å². The van der Waals surface area contributed by atoms with Crippen molar-refractivity contribution in [1.82, 2.24) is 0 Å². The van der Waals surface area contributed by atoms with Crippen molar-refractivity contribution in [2.45, 2.75) is 90.4 Å². The third kappa shape index (κ3) is 18.9. The second-order valence-corrected chi connectivity index (χ2v) is 5.76. The molecule has 0 spiro atoms. The summed E-state index contributed by atoms with van der Waals surface area (Å²) in [5, 5.41) is 8.49. The molecule has 0 radical (unpaired) electrons. The molecule has 122 valence electrons. The summed E-state index contributed by atoms with van der Waals surface area (Å²) in [7, 11) is 0. The lowest BCUT2D eigenvalue weighted by atomic mass is 10.1. The first-order valence-electron chi connectivity index (χ1n) is 8.80. The second-order valence-electron chi connectivity index (χ2n) is 5.76. The number of rotatable bonds is 15. The predicted octanol–water partition coefficient (Wildman–Crippen LogP) is 6.27. The van der Waals surface area contributed by atoms with Crippen LogP contribution in [0.3, 0.4) is 0 Å². The first kappa shape index (κ1) is 19.9. The molecule has 0 unspecified atom stereocenters. The van der Waals surface area contributed by atoms with E-state index in [0.29, 0.717) is 0 Å². The molecule has 0 aromatic rings. The molecule has 21 heavy (non-hydrogen) atoms. The summed E-state index contributed by atoms with van der Waals surface area (Å²) in [5.74, 6) is -0.704. The molecule has 0 aliphatic rings. The van der Waals surface area contributed by atoms with Crippen molar-refractivity contribution in [3.8, 4) is 0 Å². The van der Waals surface area contributed by atoms with E-state index >= 15 is 0 Å². The first-order chi connectivity index (χ1) is 10.3. The SMILES string of the molecule is CCCCCCCCCCCC=CC=CCCCC(=O)O. The third-order valence-electron chi connectivity index (χ3n) is 3.62. The van der Waals surface area contributed by atoms with E-state index in [1.165, 1.54) is 57.8 Å². The third-order valence-corrected chi connectivity index (χ3v) is 3.62. The highest BCUT2D eigenvalue weighted by atomic mass is 16.4. The van der Waals surface area contributed by atoms with Crippen molar-refractivity contribution in [2.24, 2.45) is 0 Å². The fourth-order valence-electron chi connectivity index (χ4n) is 2.29. The van der Waals surface area contributed by atoms with Crippen molar-refractivity contribution in [1.29, 1.82) is 0 Å². The van der Waals surface area contributed by atoms with Gasteiger partial charge in [-0.15, -0.1) is 0 Å². The van der Waals surface area contributed by atoms with Gasteiger partial charge in [0.15, 0.2) is 0 Å². The largest absolute Gasteiger partial charge is 0.481 e. The smallest absolute Gasteiger partial charge is 0.303 e. The molecule has 0 saturated carbocycles. The van der Waals surface area contributed by atoms with Crippen LogP contribution in [0.25, 0.3) is 0 Å². The molecule has 0 bridgehead atoms. The maximum absolute atomic E-state index is 10.3. The van der Waals surface area contributed by atoms with Crippen LogP contribution in [0.4, 0.5) is 0 Å². The molecule has 2 nitrogen and oxygen atoms in total. The summed E-state index contributed by atoms with van der Waals surface area (Å²) in [4.78, 5) is 10.3. The highest BCUT2D eigenvalue weighted by Gasteiger charge is 1.93. The van der Waals surface area contributed by atoms with Gasteiger partial charge in [0.2, 0.25) is 0 Å². The van der Waals surface area contributed by atoms with E-state index in [0.717, 1.165) is 19.3 Å². The normalized spacial score (nSPS) is 11.7. The van der Waals surface area contributed by atoms with E-state index in [-0.39, 0.29) is 6.42 Å². The zero-order chi connectivity index (χ0) is 15.6. The first-order valence-corrected chi connectivity index (χ1v) is 8.80. The Balaban J connectivity index is 3.18. The van der Waals surface area contributed by atoms with Crippen molar-refractivity contribution in [3.63, 3.8) is 0 Å². The van der Waals surface area contributed by atoms with Crippen LogP contribution in [-0.2, 0) is 4.79 Å². The minimum atomic E-state index is -0.704. The van der Waals surface area contributed by atoms with Crippen LogP contribution < -0.4 is 0 Å². The Morgan fingerprint density at radius 3 is 1.76 bits per heavy atom. The van der Waals surface area contributed by atoms with E-state index in [1.54, 1.807) is 0 Å². The van der Waals surface area contributed by atoms with Gasteiger partial charge in [0.1, 0.15) is 0 Å². The van der Waals surface area contributed by atoms with Gasteiger partial charge in [0.25, 0.3) is 0 Å². The van der Waals surface area contributed by atoms with Crippen LogP contribution in [0.2, 0.25) is 0 Å². The van der Waals surface area contributed by atoms with Crippen LogP contribution in [0.15, 0.2) is 24.3 Å². The van der Waals surface area contributed by atoms with Gasteiger partial charge >= 0.3 is 5.97 Å². The molecule has 0 aromatic heterocycles. The van der Waals surface area contributed by atoms with Crippen molar-refractivity contribution < 1.29 is 9.90 Å². The standard InChI is InChI=1S/C19H34O2/c1-2-3-4-5-6-7-8-9-10-11-12-13-14-15-16-17-18-19(20)21/h12-15H,2-11,16-18H2,1H3,(H,20,21). The number of hydrogen-bond donors (Lipinski definition) is 1. The number of aliphatic carboxylic acids is 1. The van der Waals surface area contributed by atoms with Crippen molar-refractivity contribution in [3.05, 3.63) is 24.3 Å². The zero-order valence-corrected chi connectivity index (χ0v) is 13.9. The monoisotopic (exact) mass is 294 g/mol. The molecule has 0 heterocycles. The summed E-state index contributed by atoms with van der Waals surface area (Å²) in [5.41, 5.74) is 0. The van der Waals surface area contributed by atoms with Crippen molar-refractivity contribution >= 4 is 5.97 Å². The Morgan fingerprint density at radius 2 is 1.24 bits per heavy atom. The maximum atomic E-state index is 10.3. The van der Waals surface area contributed by atoms with Gasteiger partial charge in [-0.1, -0.05) is 82.6 Å². The molecule has 0 atom stereocenters. The second kappa shape index (κ2) is 17.0. The Bertz CT molecular complexity index is 279. The van der Waals surface area contributed by atoms with Gasteiger partial charge in [0.05, 0.1) is 0 Å². The van der Waals surface area contributed by atoms with Crippen LogP contribution in [0.1, 0.15) is 90.4 Å². The van der Waals surface area contributed by atoms with Gasteiger partial charge in [0, 0.05) is 6.42 Å². The number of carboxylic acid groups (broad SMARTS) is 1. The quantitative estimate of drug-likeness (QED) is 0.285. The molecular weight excluding hydrogens is 260 g/mol. The molecule has 0 saturated heterocycles. The highest BCUT2D eigenvalue weighted by Crippen LogP contribution is 2.10. The summed E-state index contributed by atoms with van der Waals surface area (Å²) in [6.07, 6.45) is 23.8. The van der Waals surface area contributed by atoms with Crippen molar-refractivity contribution in [2.75, 3.05) is 0 Å². The van der Waals surface area contributed by atoms with Gasteiger partial charge in [-0.2, -0.15) is 0 Å². The van der Waals surface area contributed by atoms with Crippen LogP contribution in [0, 0.1) is 0 Å². The summed E-state index contributed by atoms with van der Waals surface area (Å²) < 4.78 is 0. The minimum Gasteiger partial charge on any atom is -0.481 e. The van der Waals surface area contributed by atoms with Crippen LogP contribution >= 0.6 is 0 Å². The van der Waals surface area contributed by atoms with E-state index < -0.39 is 5.97 Å². The minimum absolute atomic E-state index is 0.270. The fraction of sp³-hybridized carbons (Fsp3) is 0.737. The maximum Gasteiger partial charge on any atom is 0.303 e. The molecule has 2 heteroatoms. The Labute approximate surface area is 131 Å². The molecular formula is C19H34O2. The summed E-state index contributed by atoms with van der Waals surface area (Å²) >= 11 is 0. The fourth-order valence-corrected chi connectivity index (χ4v) is 2.29. The van der Waals surface area contributed by atoms with Gasteiger partial charge in [-0.05, 0) is 25.7 Å². The Kier molecular flexibility index (Phi) is 16.2. The number of carboxylic acids is 1. The lowest BCUT2D eigenvalue weighted by Crippen LogP contribution is -1.92. The van der Waals surface area contributed by atoms with E-state index in [4.69, 9.17) is 5.11 Å². The van der Waals surface area contributed by atoms with E-state index in [1.807, 2.05) is 6.08 Å².